The van der Waals surface area contributed by atoms with Gasteiger partial charge in [0.15, 0.2) is 0 Å². The van der Waals surface area contributed by atoms with Gasteiger partial charge >= 0.3 is 0 Å². The number of nitrogens with one attached hydrogen (secondary N) is 1. The van der Waals surface area contributed by atoms with E-state index in [0.29, 0.717) is 33.3 Å². The Morgan fingerprint density at radius 2 is 1.61 bits per heavy atom. The van der Waals surface area contributed by atoms with E-state index < -0.39 is 15.6 Å². The Kier molecular flexibility index (Phi) is 6.79. The lowest BCUT2D eigenvalue weighted by Crippen LogP contribution is -2.30. The van der Waals surface area contributed by atoms with Gasteiger partial charge in [-0.3, -0.25) is 9.59 Å². The molecule has 3 aromatic carbocycles. The van der Waals surface area contributed by atoms with Crippen LogP contribution >= 0.6 is 0 Å². The van der Waals surface area contributed by atoms with E-state index in [1.807, 2.05) is 32.0 Å². The number of fused-ring (bicyclic) bond motifs is 1. The van der Waals surface area contributed by atoms with Crippen LogP contribution < -0.4 is 10.9 Å². The second-order valence-electron chi connectivity index (χ2n) is 8.99. The summed E-state index contributed by atoms with van der Waals surface area (Å²) < 4.78 is 28.1. The highest BCUT2D eigenvalue weighted by Crippen LogP contribution is 2.29. The van der Waals surface area contributed by atoms with Crippen molar-refractivity contribution in [1.82, 2.24) is 14.1 Å². The van der Waals surface area contributed by atoms with Gasteiger partial charge in [0.1, 0.15) is 6.54 Å². The van der Waals surface area contributed by atoms with Crippen molar-refractivity contribution < 1.29 is 13.2 Å². The number of carbonyl (C=O) groups excluding carboxylic acids is 1. The summed E-state index contributed by atoms with van der Waals surface area (Å²) in [5.74, 6) is -0.390. The molecule has 4 rings (SSSR count). The van der Waals surface area contributed by atoms with Gasteiger partial charge in [0.2, 0.25) is 15.9 Å². The van der Waals surface area contributed by atoms with Crippen LogP contribution in [0.5, 0.6) is 0 Å². The van der Waals surface area contributed by atoms with E-state index in [2.05, 4.69) is 10.4 Å². The molecule has 1 aromatic heterocycles. The number of hydrogen-bond donors (Lipinski definition) is 1. The van der Waals surface area contributed by atoms with Crippen LogP contribution in [0.1, 0.15) is 16.7 Å². The average molecular weight is 505 g/mol. The molecular formula is C27H28N4O4S. The minimum absolute atomic E-state index is 0.154. The number of hydrogen-bond acceptors (Lipinski definition) is 5. The fourth-order valence-electron chi connectivity index (χ4n) is 3.97. The number of benzene rings is 3. The van der Waals surface area contributed by atoms with Crippen LogP contribution in [0, 0.1) is 20.8 Å². The standard InChI is InChI=1S/C27H28N4O4S/c1-17-10-11-18(2)23(14-17)28-25(32)16-31-27(33)22-9-7-6-8-21(22)26(29-31)20-13-12-19(3)24(15-20)36(34,35)30(4)5/h6-15H,16H2,1-5H3,(H,28,32). The Morgan fingerprint density at radius 1 is 0.944 bits per heavy atom. The topological polar surface area (TPSA) is 101 Å². The van der Waals surface area contributed by atoms with Crippen molar-refractivity contribution in [2.45, 2.75) is 32.2 Å². The van der Waals surface area contributed by atoms with Crippen molar-refractivity contribution in [3.63, 3.8) is 0 Å². The Bertz CT molecular complexity index is 1660. The second kappa shape index (κ2) is 9.67. The van der Waals surface area contributed by atoms with Crippen LogP contribution in [0.4, 0.5) is 5.69 Å². The SMILES string of the molecule is Cc1ccc(C)c(NC(=O)Cn2nc(-c3ccc(C)c(S(=O)(=O)N(C)C)c3)c3ccccc3c2=O)c1. The number of nitrogens with zero attached hydrogens (tertiary/aromatic N) is 3. The molecule has 4 aromatic rings. The summed E-state index contributed by atoms with van der Waals surface area (Å²) in [6.07, 6.45) is 0. The molecule has 0 aliphatic carbocycles. The Labute approximate surface area is 210 Å². The van der Waals surface area contributed by atoms with Gasteiger partial charge in [-0.15, -0.1) is 0 Å². The fourth-order valence-corrected chi connectivity index (χ4v) is 5.12. The zero-order valence-electron chi connectivity index (χ0n) is 20.9. The van der Waals surface area contributed by atoms with Gasteiger partial charge in [0.05, 0.1) is 16.0 Å². The van der Waals surface area contributed by atoms with E-state index in [4.69, 9.17) is 0 Å². The smallest absolute Gasteiger partial charge is 0.275 e. The number of aromatic nitrogens is 2. The maximum absolute atomic E-state index is 13.2. The number of anilines is 1. The molecule has 36 heavy (non-hydrogen) atoms. The predicted octanol–water partition coefficient (Wildman–Crippen LogP) is 3.88. The van der Waals surface area contributed by atoms with Crippen LogP contribution in [0.2, 0.25) is 0 Å². The van der Waals surface area contributed by atoms with Crippen molar-refractivity contribution in [3.05, 3.63) is 87.7 Å². The Morgan fingerprint density at radius 3 is 2.31 bits per heavy atom. The summed E-state index contributed by atoms with van der Waals surface area (Å²) in [7, 11) is -0.746. The van der Waals surface area contributed by atoms with E-state index in [1.165, 1.54) is 14.1 Å². The average Bonchev–Trinajstić information content (AvgIpc) is 2.83. The molecule has 0 aliphatic rings. The molecule has 0 unspecified atom stereocenters. The Balaban J connectivity index is 1.82. The van der Waals surface area contributed by atoms with E-state index in [9.17, 15) is 18.0 Å². The normalized spacial score (nSPS) is 11.7. The fraction of sp³-hybridized carbons (Fsp3) is 0.222. The maximum Gasteiger partial charge on any atom is 0.275 e. The third-order valence-electron chi connectivity index (χ3n) is 6.05. The van der Waals surface area contributed by atoms with Crippen LogP contribution in [0.15, 0.2) is 70.4 Å². The first-order valence-electron chi connectivity index (χ1n) is 11.4. The van der Waals surface area contributed by atoms with Gasteiger partial charge in [-0.2, -0.15) is 5.10 Å². The van der Waals surface area contributed by atoms with Crippen LogP contribution in [-0.2, 0) is 21.4 Å². The molecule has 0 bridgehead atoms. The molecule has 1 N–H and O–H groups in total. The summed E-state index contributed by atoms with van der Waals surface area (Å²) >= 11 is 0. The molecule has 0 saturated heterocycles. The van der Waals surface area contributed by atoms with Gasteiger partial charge in [-0.25, -0.2) is 17.4 Å². The summed E-state index contributed by atoms with van der Waals surface area (Å²) in [4.78, 5) is 26.3. The summed E-state index contributed by atoms with van der Waals surface area (Å²) in [5, 5.41) is 8.35. The quantitative estimate of drug-likeness (QED) is 0.429. The first-order chi connectivity index (χ1) is 17.0. The molecule has 1 heterocycles. The number of amides is 1. The molecule has 186 valence electrons. The van der Waals surface area contributed by atoms with Crippen LogP contribution in [-0.4, -0.2) is 42.5 Å². The van der Waals surface area contributed by atoms with Gasteiger partial charge in [-0.1, -0.05) is 42.5 Å². The van der Waals surface area contributed by atoms with Crippen LogP contribution in [0.25, 0.3) is 22.0 Å². The maximum atomic E-state index is 13.2. The molecule has 0 atom stereocenters. The highest BCUT2D eigenvalue weighted by molar-refractivity contribution is 7.89. The zero-order chi connectivity index (χ0) is 26.2. The monoisotopic (exact) mass is 504 g/mol. The first kappa shape index (κ1) is 25.3. The van der Waals surface area contributed by atoms with Crippen molar-refractivity contribution in [2.24, 2.45) is 0 Å². The van der Waals surface area contributed by atoms with Crippen molar-refractivity contribution >= 4 is 32.4 Å². The van der Waals surface area contributed by atoms with Crippen molar-refractivity contribution in [3.8, 4) is 11.3 Å². The number of rotatable bonds is 6. The lowest BCUT2D eigenvalue weighted by Gasteiger charge is -2.16. The van der Waals surface area contributed by atoms with E-state index in [-0.39, 0.29) is 17.3 Å². The number of aryl methyl sites for hydroxylation is 3. The molecule has 8 nitrogen and oxygen atoms in total. The van der Waals surface area contributed by atoms with Gasteiger partial charge in [-0.05, 0) is 55.7 Å². The van der Waals surface area contributed by atoms with E-state index in [0.717, 1.165) is 20.1 Å². The molecule has 0 fully saturated rings. The molecule has 0 radical (unpaired) electrons. The Hall–Kier alpha value is -3.82. The molecular weight excluding hydrogens is 476 g/mol. The van der Waals surface area contributed by atoms with E-state index >= 15 is 0 Å². The highest BCUT2D eigenvalue weighted by Gasteiger charge is 2.22. The summed E-state index contributed by atoms with van der Waals surface area (Å²) in [6.45, 7) is 5.26. The molecule has 1 amide bonds. The molecule has 9 heteroatoms. The minimum Gasteiger partial charge on any atom is -0.324 e. The number of carbonyl (C=O) groups is 1. The number of sulfonamides is 1. The van der Waals surface area contributed by atoms with Gasteiger partial charge < -0.3 is 5.32 Å². The lowest BCUT2D eigenvalue weighted by molar-refractivity contribution is -0.117. The summed E-state index contributed by atoms with van der Waals surface area (Å²) in [5.41, 5.74) is 3.72. The third kappa shape index (κ3) is 4.80. The first-order valence-corrected chi connectivity index (χ1v) is 12.8. The molecule has 0 spiro atoms. The highest BCUT2D eigenvalue weighted by atomic mass is 32.2. The summed E-state index contributed by atoms with van der Waals surface area (Å²) in [6, 6.07) is 17.8. The lowest BCUT2D eigenvalue weighted by atomic mass is 10.0. The molecule has 0 aliphatic heterocycles. The van der Waals surface area contributed by atoms with Crippen molar-refractivity contribution in [1.29, 1.82) is 0 Å². The van der Waals surface area contributed by atoms with Crippen LogP contribution in [0.3, 0.4) is 0 Å². The minimum atomic E-state index is -3.70. The zero-order valence-corrected chi connectivity index (χ0v) is 21.7. The second-order valence-corrected chi connectivity index (χ2v) is 11.1. The predicted molar refractivity (Wildman–Crippen MR) is 142 cm³/mol. The van der Waals surface area contributed by atoms with E-state index in [1.54, 1.807) is 49.4 Å². The molecule has 0 saturated carbocycles. The van der Waals surface area contributed by atoms with Crippen molar-refractivity contribution in [2.75, 3.05) is 19.4 Å². The van der Waals surface area contributed by atoms with Gasteiger partial charge in [0.25, 0.3) is 5.56 Å². The van der Waals surface area contributed by atoms with Gasteiger partial charge in [0, 0.05) is 30.7 Å². The third-order valence-corrected chi connectivity index (χ3v) is 8.01. The largest absolute Gasteiger partial charge is 0.324 e.